The Labute approximate surface area is 186 Å². The molecule has 0 aliphatic carbocycles. The predicted molar refractivity (Wildman–Crippen MR) is 127 cm³/mol. The molecule has 2 aromatic rings. The highest BCUT2D eigenvalue weighted by Gasteiger charge is 2.13. The lowest BCUT2D eigenvalue weighted by Crippen LogP contribution is -2.10. The van der Waals surface area contributed by atoms with Crippen molar-refractivity contribution in [3.63, 3.8) is 0 Å². The van der Waals surface area contributed by atoms with Gasteiger partial charge in [-0.2, -0.15) is 0 Å². The largest absolute Gasteiger partial charge is 0.491 e. The highest BCUT2D eigenvalue weighted by atomic mass is 16.5. The molecular formula is C27H34O4. The molecule has 0 bridgehead atoms. The zero-order chi connectivity index (χ0) is 22.8. The van der Waals surface area contributed by atoms with Gasteiger partial charge in [0.1, 0.15) is 23.9 Å². The molecule has 0 heterocycles. The normalized spacial score (nSPS) is 11.2. The molecule has 0 spiro atoms. The van der Waals surface area contributed by atoms with E-state index < -0.39 is 0 Å². The molecule has 0 unspecified atom stereocenters. The number of aryl methyl sites for hydroxylation is 1. The molecule has 0 fully saturated rings. The van der Waals surface area contributed by atoms with E-state index in [9.17, 15) is 4.79 Å². The number of ether oxygens (including phenoxy) is 3. The van der Waals surface area contributed by atoms with Gasteiger partial charge in [-0.3, -0.25) is 4.79 Å². The quantitative estimate of drug-likeness (QED) is 0.218. The fourth-order valence-corrected chi connectivity index (χ4v) is 3.07. The van der Waals surface area contributed by atoms with Crippen molar-refractivity contribution in [3.05, 3.63) is 71.8 Å². The highest BCUT2D eigenvalue weighted by Crippen LogP contribution is 2.33. The minimum absolute atomic E-state index is 0.00915. The molecule has 4 nitrogen and oxygen atoms in total. The van der Waals surface area contributed by atoms with Crippen LogP contribution in [-0.2, 0) is 6.42 Å². The second-order valence-electron chi connectivity index (χ2n) is 7.90. The Bertz CT molecular complexity index is 892. The molecule has 0 atom stereocenters. The first-order chi connectivity index (χ1) is 14.8. The summed E-state index contributed by atoms with van der Waals surface area (Å²) >= 11 is 0. The summed E-state index contributed by atoms with van der Waals surface area (Å²) in [4.78, 5) is 12.7. The smallest absolute Gasteiger partial charge is 0.185 e. The van der Waals surface area contributed by atoms with E-state index in [1.807, 2.05) is 39.8 Å². The van der Waals surface area contributed by atoms with E-state index in [2.05, 4.69) is 19.6 Å². The summed E-state index contributed by atoms with van der Waals surface area (Å²) in [6.07, 6.45) is 7.06. The summed E-state index contributed by atoms with van der Waals surface area (Å²) in [7, 11) is 0. The molecule has 0 saturated heterocycles. The van der Waals surface area contributed by atoms with Crippen molar-refractivity contribution in [2.75, 3.05) is 6.61 Å². The van der Waals surface area contributed by atoms with E-state index in [0.29, 0.717) is 23.7 Å². The number of hydrogen-bond acceptors (Lipinski definition) is 4. The lowest BCUT2D eigenvalue weighted by atomic mass is 10.0. The van der Waals surface area contributed by atoms with Crippen molar-refractivity contribution in [1.29, 1.82) is 0 Å². The number of carbonyl (C=O) groups is 1. The third kappa shape index (κ3) is 7.63. The molecule has 0 aliphatic heterocycles. The van der Waals surface area contributed by atoms with Crippen molar-refractivity contribution >= 4 is 11.9 Å². The molecule has 0 amide bonds. The van der Waals surface area contributed by atoms with Crippen LogP contribution in [0.3, 0.4) is 0 Å². The molecular weight excluding hydrogens is 388 g/mol. The van der Waals surface area contributed by atoms with E-state index in [-0.39, 0.29) is 18.0 Å². The van der Waals surface area contributed by atoms with Crippen LogP contribution in [0.1, 0.15) is 62.5 Å². The minimum atomic E-state index is -0.0784. The van der Waals surface area contributed by atoms with Gasteiger partial charge in [0.15, 0.2) is 5.78 Å². The van der Waals surface area contributed by atoms with Crippen molar-refractivity contribution < 1.29 is 19.0 Å². The average molecular weight is 423 g/mol. The lowest BCUT2D eigenvalue weighted by Gasteiger charge is -2.19. The van der Waals surface area contributed by atoms with Crippen molar-refractivity contribution in [2.24, 2.45) is 0 Å². The maximum Gasteiger partial charge on any atom is 0.185 e. The van der Waals surface area contributed by atoms with Gasteiger partial charge < -0.3 is 14.2 Å². The number of ketones is 1. The molecule has 166 valence electrons. The van der Waals surface area contributed by atoms with Crippen LogP contribution in [0.4, 0.5) is 0 Å². The Morgan fingerprint density at radius 3 is 2.23 bits per heavy atom. The van der Waals surface area contributed by atoms with Gasteiger partial charge in [0.25, 0.3) is 0 Å². The van der Waals surface area contributed by atoms with E-state index in [1.165, 1.54) is 0 Å². The van der Waals surface area contributed by atoms with E-state index in [0.717, 1.165) is 29.7 Å². The summed E-state index contributed by atoms with van der Waals surface area (Å²) in [6, 6.07) is 11.1. The molecule has 31 heavy (non-hydrogen) atoms. The van der Waals surface area contributed by atoms with Crippen LogP contribution >= 0.6 is 0 Å². The van der Waals surface area contributed by atoms with Gasteiger partial charge in [-0.1, -0.05) is 26.0 Å². The summed E-state index contributed by atoms with van der Waals surface area (Å²) in [6.45, 7) is 14.2. The number of benzene rings is 2. The topological polar surface area (TPSA) is 44.8 Å². The van der Waals surface area contributed by atoms with Gasteiger partial charge in [-0.05, 0) is 82.2 Å². The number of carbonyl (C=O) groups excluding carboxylic acids is 1. The molecule has 2 aromatic carbocycles. The Kier molecular flexibility index (Phi) is 9.39. The lowest BCUT2D eigenvalue weighted by molar-refractivity contribution is 0.104. The number of rotatable bonds is 12. The third-order valence-electron chi connectivity index (χ3n) is 4.36. The summed E-state index contributed by atoms with van der Waals surface area (Å²) in [5.41, 5.74) is 2.58. The first kappa shape index (κ1) is 24.3. The van der Waals surface area contributed by atoms with Crippen LogP contribution in [0.2, 0.25) is 0 Å². The Hall–Kier alpha value is -3.01. The second kappa shape index (κ2) is 12.0. The number of allylic oxidation sites excluding steroid dienone is 1. The van der Waals surface area contributed by atoms with Crippen molar-refractivity contribution in [1.82, 2.24) is 0 Å². The zero-order valence-electron chi connectivity index (χ0n) is 19.3. The number of hydrogen-bond donors (Lipinski definition) is 0. The summed E-state index contributed by atoms with van der Waals surface area (Å²) < 4.78 is 17.5. The van der Waals surface area contributed by atoms with Gasteiger partial charge in [-0.25, -0.2) is 0 Å². The molecule has 4 heteroatoms. The zero-order valence-corrected chi connectivity index (χ0v) is 19.3. The van der Waals surface area contributed by atoms with Crippen molar-refractivity contribution in [2.45, 2.75) is 59.7 Å². The highest BCUT2D eigenvalue weighted by molar-refractivity contribution is 6.07. The van der Waals surface area contributed by atoms with Crippen LogP contribution < -0.4 is 14.2 Å². The maximum atomic E-state index is 12.7. The predicted octanol–water partition coefficient (Wildman–Crippen LogP) is 6.67. The van der Waals surface area contributed by atoms with Crippen LogP contribution in [0.5, 0.6) is 17.2 Å². The summed E-state index contributed by atoms with van der Waals surface area (Å²) in [5, 5.41) is 0. The summed E-state index contributed by atoms with van der Waals surface area (Å²) in [5.74, 6) is 2.18. The maximum absolute atomic E-state index is 12.7. The molecule has 2 rings (SSSR count). The Morgan fingerprint density at radius 1 is 1.00 bits per heavy atom. The van der Waals surface area contributed by atoms with Crippen LogP contribution in [0.25, 0.3) is 6.08 Å². The molecule has 0 radical (unpaired) electrons. The third-order valence-corrected chi connectivity index (χ3v) is 4.36. The molecule has 0 N–H and O–H groups in total. The van der Waals surface area contributed by atoms with Crippen LogP contribution in [-0.4, -0.2) is 24.6 Å². The van der Waals surface area contributed by atoms with Gasteiger partial charge in [0, 0.05) is 17.2 Å². The SMILES string of the molecule is C=CCOc1ccc(C(=O)C=Cc2cc(CCC)c(OC(C)C)cc2OC(C)C)cc1. The van der Waals surface area contributed by atoms with E-state index in [4.69, 9.17) is 14.2 Å². The van der Waals surface area contributed by atoms with E-state index in [1.54, 1.807) is 36.4 Å². The molecule has 0 saturated carbocycles. The first-order valence-electron chi connectivity index (χ1n) is 10.9. The van der Waals surface area contributed by atoms with Gasteiger partial charge >= 0.3 is 0 Å². The first-order valence-corrected chi connectivity index (χ1v) is 10.9. The molecule has 0 aromatic heterocycles. The van der Waals surface area contributed by atoms with Crippen LogP contribution in [0.15, 0.2) is 55.1 Å². The van der Waals surface area contributed by atoms with Crippen molar-refractivity contribution in [3.8, 4) is 17.2 Å². The van der Waals surface area contributed by atoms with Gasteiger partial charge in [-0.15, -0.1) is 0 Å². The second-order valence-corrected chi connectivity index (χ2v) is 7.90. The molecule has 0 aliphatic rings. The average Bonchev–Trinajstić information content (AvgIpc) is 2.72. The van der Waals surface area contributed by atoms with Gasteiger partial charge in [0.05, 0.1) is 12.2 Å². The monoisotopic (exact) mass is 422 g/mol. The Morgan fingerprint density at radius 2 is 1.65 bits per heavy atom. The fourth-order valence-electron chi connectivity index (χ4n) is 3.07. The fraction of sp³-hybridized carbons (Fsp3) is 0.370. The van der Waals surface area contributed by atoms with E-state index >= 15 is 0 Å². The van der Waals surface area contributed by atoms with Crippen LogP contribution in [0, 0.1) is 0 Å². The standard InChI is InChI=1S/C27H34O4/c1-7-9-22-17-23(27(31-20(5)6)18-26(22)30-19(3)4)12-15-25(28)21-10-13-24(14-11-21)29-16-8-2/h8,10-15,17-20H,2,7,9,16H2,1,3-6H3. The minimum Gasteiger partial charge on any atom is -0.491 e. The van der Waals surface area contributed by atoms with Gasteiger partial charge in [0.2, 0.25) is 0 Å². The Balaban J connectivity index is 2.31.